The van der Waals surface area contributed by atoms with Crippen LogP contribution >= 0.6 is 0 Å². The summed E-state index contributed by atoms with van der Waals surface area (Å²) in [6.07, 6.45) is 2.37. The van der Waals surface area contributed by atoms with Crippen LogP contribution in [0.5, 0.6) is 0 Å². The lowest BCUT2D eigenvalue weighted by Gasteiger charge is -2.33. The minimum atomic E-state index is -0.625. The van der Waals surface area contributed by atoms with Gasteiger partial charge in [-0.25, -0.2) is 15.0 Å². The van der Waals surface area contributed by atoms with Gasteiger partial charge in [-0.2, -0.15) is 0 Å². The van der Waals surface area contributed by atoms with Crippen molar-refractivity contribution < 1.29 is 14.9 Å². The Morgan fingerprint density at radius 1 is 1.42 bits per heavy atom. The van der Waals surface area contributed by atoms with Crippen LogP contribution in [-0.2, 0) is 4.74 Å². The summed E-state index contributed by atoms with van der Waals surface area (Å²) in [4.78, 5) is 12.2. The first-order chi connectivity index (χ1) is 9.20. The average molecular weight is 265 g/mol. The molecule has 0 spiro atoms. The highest BCUT2D eigenvalue weighted by Gasteiger charge is 2.32. The molecule has 2 aromatic heterocycles. The van der Waals surface area contributed by atoms with Crippen LogP contribution in [0.2, 0.25) is 0 Å². The van der Waals surface area contributed by atoms with E-state index in [1.807, 2.05) is 0 Å². The van der Waals surface area contributed by atoms with Gasteiger partial charge in [-0.05, 0) is 0 Å². The molecule has 0 bridgehead atoms. The van der Waals surface area contributed by atoms with Crippen LogP contribution in [0.1, 0.15) is 12.5 Å². The Morgan fingerprint density at radius 2 is 2.26 bits per heavy atom. The van der Waals surface area contributed by atoms with Gasteiger partial charge < -0.3 is 25.3 Å². The number of imidazole rings is 1. The molecule has 4 N–H and O–H groups in total. The number of rotatable bonds is 2. The highest BCUT2D eigenvalue weighted by atomic mass is 16.5. The van der Waals surface area contributed by atoms with E-state index in [2.05, 4.69) is 15.0 Å². The maximum absolute atomic E-state index is 10.2. The quantitative estimate of drug-likeness (QED) is 0.643. The first-order valence-electron chi connectivity index (χ1n) is 6.04. The monoisotopic (exact) mass is 265 g/mol. The first kappa shape index (κ1) is 12.3. The van der Waals surface area contributed by atoms with Crippen molar-refractivity contribution in [2.45, 2.75) is 24.7 Å². The van der Waals surface area contributed by atoms with E-state index < -0.39 is 6.10 Å². The van der Waals surface area contributed by atoms with Crippen molar-refractivity contribution in [3.8, 4) is 0 Å². The molecule has 0 amide bonds. The van der Waals surface area contributed by atoms with Crippen molar-refractivity contribution in [2.75, 3.05) is 18.9 Å². The fraction of sp³-hybridized carbons (Fsp3) is 0.545. The van der Waals surface area contributed by atoms with Gasteiger partial charge in [-0.15, -0.1) is 0 Å². The fourth-order valence-corrected chi connectivity index (χ4v) is 2.35. The van der Waals surface area contributed by atoms with Crippen molar-refractivity contribution in [1.82, 2.24) is 19.5 Å². The van der Waals surface area contributed by atoms with E-state index in [9.17, 15) is 5.11 Å². The van der Waals surface area contributed by atoms with Crippen LogP contribution in [0.25, 0.3) is 11.2 Å². The lowest BCUT2D eigenvalue weighted by molar-refractivity contribution is -0.0926. The van der Waals surface area contributed by atoms with Crippen molar-refractivity contribution >= 4 is 17.0 Å². The summed E-state index contributed by atoms with van der Waals surface area (Å²) in [7, 11) is 0. The van der Waals surface area contributed by atoms with Crippen LogP contribution in [0.3, 0.4) is 0 Å². The summed E-state index contributed by atoms with van der Waals surface area (Å²) in [6.45, 7) is 0.200. The first-order valence-corrected chi connectivity index (χ1v) is 6.04. The minimum absolute atomic E-state index is 0.0937. The van der Waals surface area contributed by atoms with Gasteiger partial charge in [0.05, 0.1) is 37.8 Å². The maximum atomic E-state index is 10.2. The zero-order valence-electron chi connectivity index (χ0n) is 10.2. The van der Waals surface area contributed by atoms with Gasteiger partial charge in [0.1, 0.15) is 11.8 Å². The number of aromatic nitrogens is 4. The Hall–Kier alpha value is -1.77. The van der Waals surface area contributed by atoms with E-state index in [1.54, 1.807) is 10.9 Å². The Morgan fingerprint density at radius 3 is 3.00 bits per heavy atom. The molecule has 19 heavy (non-hydrogen) atoms. The molecule has 3 rings (SSSR count). The second kappa shape index (κ2) is 4.72. The number of nitrogen functional groups attached to an aromatic ring is 1. The molecule has 2 aromatic rings. The molecule has 8 heteroatoms. The van der Waals surface area contributed by atoms with E-state index in [1.165, 1.54) is 6.33 Å². The van der Waals surface area contributed by atoms with Gasteiger partial charge in [0.25, 0.3) is 0 Å². The molecule has 3 heterocycles. The zero-order chi connectivity index (χ0) is 13.4. The normalized spacial score (nSPS) is 27.8. The number of ether oxygens (including phenoxy) is 1. The Kier molecular flexibility index (Phi) is 3.05. The number of anilines is 1. The molecular weight excluding hydrogens is 250 g/mol. The third-order valence-corrected chi connectivity index (χ3v) is 3.40. The van der Waals surface area contributed by atoms with Crippen molar-refractivity contribution in [3.05, 3.63) is 12.7 Å². The Labute approximate surface area is 108 Å². The molecule has 3 atom stereocenters. The molecule has 0 aromatic carbocycles. The van der Waals surface area contributed by atoms with Gasteiger partial charge in [0.15, 0.2) is 11.5 Å². The molecule has 1 fully saturated rings. The number of fused-ring (bicyclic) bond motifs is 1. The Bertz CT molecular complexity index is 587. The van der Waals surface area contributed by atoms with Crippen molar-refractivity contribution in [2.24, 2.45) is 0 Å². The summed E-state index contributed by atoms with van der Waals surface area (Å²) >= 11 is 0. The van der Waals surface area contributed by atoms with Crippen LogP contribution in [-0.4, -0.2) is 55.2 Å². The second-order valence-electron chi connectivity index (χ2n) is 4.59. The molecule has 0 radical (unpaired) electrons. The molecule has 8 nitrogen and oxygen atoms in total. The van der Waals surface area contributed by atoms with Crippen LogP contribution in [0, 0.1) is 0 Å². The SMILES string of the molecule is Nc1ncnc2c1ncn2[C@@H]1CO[C@H](CO)C[C@@H]1O. The predicted molar refractivity (Wildman–Crippen MR) is 66.2 cm³/mol. The van der Waals surface area contributed by atoms with Gasteiger partial charge in [0, 0.05) is 6.42 Å². The van der Waals surface area contributed by atoms with Gasteiger partial charge in [-0.1, -0.05) is 0 Å². The predicted octanol–water partition coefficient (Wildman–Crippen LogP) is -0.908. The maximum Gasteiger partial charge on any atom is 0.165 e. The molecule has 0 saturated carbocycles. The van der Waals surface area contributed by atoms with E-state index in [0.717, 1.165) is 0 Å². The lowest BCUT2D eigenvalue weighted by atomic mass is 10.0. The van der Waals surface area contributed by atoms with E-state index in [0.29, 0.717) is 30.0 Å². The molecule has 1 aliphatic rings. The number of hydrogen-bond donors (Lipinski definition) is 3. The highest BCUT2D eigenvalue weighted by molar-refractivity contribution is 5.81. The summed E-state index contributed by atoms with van der Waals surface area (Å²) in [5, 5.41) is 19.2. The summed E-state index contributed by atoms with van der Waals surface area (Å²) < 4.78 is 7.22. The number of hydrogen-bond acceptors (Lipinski definition) is 7. The van der Waals surface area contributed by atoms with Gasteiger partial charge in [-0.3, -0.25) is 0 Å². The Balaban J connectivity index is 1.95. The zero-order valence-corrected chi connectivity index (χ0v) is 10.2. The van der Waals surface area contributed by atoms with Crippen molar-refractivity contribution in [3.63, 3.8) is 0 Å². The number of nitrogens with two attached hydrogens (primary N) is 1. The largest absolute Gasteiger partial charge is 0.394 e. The summed E-state index contributed by atoms with van der Waals surface area (Å²) in [6, 6.07) is -0.290. The topological polar surface area (TPSA) is 119 Å². The number of aliphatic hydroxyl groups excluding tert-OH is 2. The molecule has 0 aliphatic carbocycles. The van der Waals surface area contributed by atoms with Gasteiger partial charge >= 0.3 is 0 Å². The minimum Gasteiger partial charge on any atom is -0.394 e. The van der Waals surface area contributed by atoms with Gasteiger partial charge in [0.2, 0.25) is 0 Å². The summed E-state index contributed by atoms with van der Waals surface area (Å²) in [5.41, 5.74) is 6.81. The van der Waals surface area contributed by atoms with E-state index in [-0.39, 0.29) is 18.8 Å². The van der Waals surface area contributed by atoms with Crippen LogP contribution in [0.4, 0.5) is 5.82 Å². The molecule has 102 valence electrons. The third kappa shape index (κ3) is 2.03. The molecular formula is C11H15N5O3. The summed E-state index contributed by atoms with van der Waals surface area (Å²) in [5.74, 6) is 0.309. The number of aliphatic hydroxyl groups is 2. The smallest absolute Gasteiger partial charge is 0.165 e. The molecule has 1 aliphatic heterocycles. The highest BCUT2D eigenvalue weighted by Crippen LogP contribution is 2.27. The van der Waals surface area contributed by atoms with Crippen LogP contribution < -0.4 is 5.73 Å². The lowest BCUT2D eigenvalue weighted by Crippen LogP contribution is -2.40. The van der Waals surface area contributed by atoms with E-state index in [4.69, 9.17) is 15.6 Å². The standard InChI is InChI=1S/C11H15N5O3/c12-10-9-11(14-4-13-10)16(5-15-9)7-3-19-6(2-17)1-8(7)18/h4-8,17-18H,1-3H2,(H2,12,13,14)/t6-,7+,8-/m0/s1. The van der Waals surface area contributed by atoms with Crippen molar-refractivity contribution in [1.29, 1.82) is 0 Å². The molecule has 0 unspecified atom stereocenters. The average Bonchev–Trinajstić information content (AvgIpc) is 2.84. The molecule has 1 saturated heterocycles. The third-order valence-electron chi connectivity index (χ3n) is 3.40. The van der Waals surface area contributed by atoms with E-state index >= 15 is 0 Å². The van der Waals surface area contributed by atoms with Crippen LogP contribution in [0.15, 0.2) is 12.7 Å². The fourth-order valence-electron chi connectivity index (χ4n) is 2.35. The number of nitrogens with zero attached hydrogens (tertiary/aromatic N) is 4. The second-order valence-corrected chi connectivity index (χ2v) is 4.59.